The normalized spacial score (nSPS) is 17.5. The summed E-state index contributed by atoms with van der Waals surface area (Å²) < 4.78 is 5.37. The number of hydrogen-bond acceptors (Lipinski definition) is 3. The van der Waals surface area contributed by atoms with Gasteiger partial charge in [0.15, 0.2) is 0 Å². The van der Waals surface area contributed by atoms with Gasteiger partial charge in [-0.2, -0.15) is 0 Å². The molecular weight excluding hydrogens is 330 g/mol. The molecule has 0 bridgehead atoms. The molecule has 2 rings (SSSR count). The molecule has 1 N–H and O–H groups in total. The van der Waals surface area contributed by atoms with Crippen LogP contribution in [0.15, 0.2) is 18.2 Å². The van der Waals surface area contributed by atoms with Gasteiger partial charge >= 0.3 is 12.1 Å². The predicted molar refractivity (Wildman–Crippen MR) is 92.5 cm³/mol. The van der Waals surface area contributed by atoms with Crippen LogP contribution in [0.5, 0.6) is 0 Å². The van der Waals surface area contributed by atoms with Crippen LogP contribution < -0.4 is 0 Å². The van der Waals surface area contributed by atoms with Crippen molar-refractivity contribution >= 4 is 23.7 Å². The van der Waals surface area contributed by atoms with Gasteiger partial charge in [-0.15, -0.1) is 0 Å². The van der Waals surface area contributed by atoms with Crippen molar-refractivity contribution in [3.63, 3.8) is 0 Å². The molecule has 0 spiro atoms. The molecule has 0 radical (unpaired) electrons. The minimum Gasteiger partial charge on any atom is -0.481 e. The Morgan fingerprint density at radius 2 is 1.83 bits per heavy atom. The lowest BCUT2D eigenvalue weighted by Gasteiger charge is -2.39. The molecule has 1 fully saturated rings. The second-order valence-corrected chi connectivity index (χ2v) is 7.73. The van der Waals surface area contributed by atoms with Gasteiger partial charge in [-0.25, -0.2) is 4.79 Å². The van der Waals surface area contributed by atoms with Crippen LogP contribution in [0, 0.1) is 6.92 Å². The number of carbonyl (C=O) groups is 2. The number of amides is 1. The molecule has 0 unspecified atom stereocenters. The molecule has 0 aromatic heterocycles. The third-order valence-electron chi connectivity index (χ3n) is 4.39. The largest absolute Gasteiger partial charge is 0.481 e. The Labute approximate surface area is 147 Å². The highest BCUT2D eigenvalue weighted by molar-refractivity contribution is 6.31. The first-order valence-electron chi connectivity index (χ1n) is 8.03. The zero-order valence-electron chi connectivity index (χ0n) is 14.6. The van der Waals surface area contributed by atoms with E-state index in [2.05, 4.69) is 0 Å². The molecule has 1 aliphatic rings. The number of benzene rings is 1. The van der Waals surface area contributed by atoms with Crippen molar-refractivity contribution in [1.29, 1.82) is 0 Å². The van der Waals surface area contributed by atoms with Crippen LogP contribution in [0.1, 0.15) is 44.7 Å². The molecule has 132 valence electrons. The number of piperidine rings is 1. The Morgan fingerprint density at radius 1 is 1.25 bits per heavy atom. The van der Waals surface area contributed by atoms with Gasteiger partial charge in [0.1, 0.15) is 5.60 Å². The molecule has 1 aromatic rings. The van der Waals surface area contributed by atoms with Crippen molar-refractivity contribution in [1.82, 2.24) is 4.90 Å². The Balaban J connectivity index is 2.19. The number of carbonyl (C=O) groups excluding carboxylic acids is 1. The van der Waals surface area contributed by atoms with Gasteiger partial charge in [0.05, 0.1) is 5.41 Å². The van der Waals surface area contributed by atoms with E-state index in [1.165, 1.54) is 0 Å². The molecule has 24 heavy (non-hydrogen) atoms. The summed E-state index contributed by atoms with van der Waals surface area (Å²) in [5.74, 6) is -0.868. The van der Waals surface area contributed by atoms with Gasteiger partial charge < -0.3 is 14.7 Å². The van der Waals surface area contributed by atoms with Crippen molar-refractivity contribution < 1.29 is 19.4 Å². The number of halogens is 1. The van der Waals surface area contributed by atoms with Crippen LogP contribution in [0.2, 0.25) is 5.02 Å². The first-order valence-corrected chi connectivity index (χ1v) is 8.41. The van der Waals surface area contributed by atoms with E-state index in [0.717, 1.165) is 11.1 Å². The standard InChI is InChI=1S/C18H24ClNO4/c1-12-11-13(5-6-14(12)19)18(15(21)22)7-9-20(10-8-18)16(23)24-17(2,3)4/h5-6,11H,7-10H2,1-4H3,(H,21,22). The van der Waals surface area contributed by atoms with Crippen molar-refractivity contribution in [3.05, 3.63) is 34.3 Å². The van der Waals surface area contributed by atoms with Gasteiger partial charge in [-0.3, -0.25) is 4.79 Å². The van der Waals surface area contributed by atoms with E-state index >= 15 is 0 Å². The number of likely N-dealkylation sites (tertiary alicyclic amines) is 1. The fraction of sp³-hybridized carbons (Fsp3) is 0.556. The summed E-state index contributed by atoms with van der Waals surface area (Å²) in [6.45, 7) is 8.00. The molecular formula is C18H24ClNO4. The highest BCUT2D eigenvalue weighted by atomic mass is 35.5. The van der Waals surface area contributed by atoms with Crippen molar-refractivity contribution in [3.8, 4) is 0 Å². The lowest BCUT2D eigenvalue weighted by atomic mass is 9.72. The molecule has 1 aliphatic heterocycles. The Morgan fingerprint density at radius 3 is 2.29 bits per heavy atom. The number of hydrogen-bond donors (Lipinski definition) is 1. The average molecular weight is 354 g/mol. The van der Waals surface area contributed by atoms with E-state index in [9.17, 15) is 14.7 Å². The SMILES string of the molecule is Cc1cc(C2(C(=O)O)CCN(C(=O)OC(C)(C)C)CC2)ccc1Cl. The van der Waals surface area contributed by atoms with E-state index in [4.69, 9.17) is 16.3 Å². The van der Waals surface area contributed by atoms with E-state index in [1.807, 2.05) is 33.8 Å². The molecule has 0 atom stereocenters. The van der Waals surface area contributed by atoms with Crippen LogP contribution >= 0.6 is 11.6 Å². The number of ether oxygens (including phenoxy) is 1. The summed E-state index contributed by atoms with van der Waals surface area (Å²) in [5, 5.41) is 10.5. The maximum Gasteiger partial charge on any atom is 0.410 e. The Bertz CT molecular complexity index is 643. The maximum atomic E-state index is 12.2. The molecule has 1 amide bonds. The first-order chi connectivity index (χ1) is 11.0. The van der Waals surface area contributed by atoms with E-state index in [1.54, 1.807) is 17.0 Å². The lowest BCUT2D eigenvalue weighted by molar-refractivity contribution is -0.146. The zero-order valence-corrected chi connectivity index (χ0v) is 15.3. The second kappa shape index (κ2) is 6.63. The van der Waals surface area contributed by atoms with Gasteiger partial charge in [-0.1, -0.05) is 23.7 Å². The third-order valence-corrected chi connectivity index (χ3v) is 4.81. The molecule has 0 saturated carbocycles. The topological polar surface area (TPSA) is 66.8 Å². The van der Waals surface area contributed by atoms with Crippen LogP contribution in [0.25, 0.3) is 0 Å². The van der Waals surface area contributed by atoms with Crippen molar-refractivity contribution in [2.45, 2.75) is 51.6 Å². The van der Waals surface area contributed by atoms with Gasteiger partial charge in [0.2, 0.25) is 0 Å². The number of carboxylic acids is 1. The van der Waals surface area contributed by atoms with Crippen LogP contribution in [0.3, 0.4) is 0 Å². The molecule has 6 heteroatoms. The summed E-state index contributed by atoms with van der Waals surface area (Å²) in [6, 6.07) is 5.34. The summed E-state index contributed by atoms with van der Waals surface area (Å²) in [6.07, 6.45) is 0.305. The smallest absolute Gasteiger partial charge is 0.410 e. The summed E-state index contributed by atoms with van der Waals surface area (Å²) in [7, 11) is 0. The molecule has 1 heterocycles. The van der Waals surface area contributed by atoms with E-state index < -0.39 is 23.1 Å². The number of nitrogens with zero attached hydrogens (tertiary/aromatic N) is 1. The van der Waals surface area contributed by atoms with Crippen molar-refractivity contribution in [2.24, 2.45) is 0 Å². The minimum absolute atomic E-state index is 0.350. The first kappa shape index (κ1) is 18.6. The van der Waals surface area contributed by atoms with Gasteiger partial charge in [-0.05, 0) is 57.7 Å². The quantitative estimate of drug-likeness (QED) is 0.872. The third kappa shape index (κ3) is 3.83. The van der Waals surface area contributed by atoms with Gasteiger partial charge in [0.25, 0.3) is 0 Å². The maximum absolute atomic E-state index is 12.2. The van der Waals surface area contributed by atoms with Crippen molar-refractivity contribution in [2.75, 3.05) is 13.1 Å². The summed E-state index contributed by atoms with van der Waals surface area (Å²) in [5.41, 5.74) is 0.0321. The fourth-order valence-electron chi connectivity index (χ4n) is 2.97. The highest BCUT2D eigenvalue weighted by Gasteiger charge is 2.44. The fourth-order valence-corrected chi connectivity index (χ4v) is 3.08. The monoisotopic (exact) mass is 353 g/mol. The predicted octanol–water partition coefficient (Wildman–Crippen LogP) is 4.00. The minimum atomic E-state index is -0.992. The lowest BCUT2D eigenvalue weighted by Crippen LogP contribution is -2.50. The molecule has 1 saturated heterocycles. The van der Waals surface area contributed by atoms with Gasteiger partial charge in [0, 0.05) is 18.1 Å². The number of rotatable bonds is 2. The highest BCUT2D eigenvalue weighted by Crippen LogP contribution is 2.37. The Hall–Kier alpha value is -1.75. The molecule has 0 aliphatic carbocycles. The summed E-state index contributed by atoms with van der Waals surface area (Å²) in [4.78, 5) is 25.8. The van der Waals surface area contributed by atoms with Crippen LogP contribution in [0.4, 0.5) is 4.79 Å². The average Bonchev–Trinajstić information content (AvgIpc) is 2.48. The summed E-state index contributed by atoms with van der Waals surface area (Å²) >= 11 is 6.05. The second-order valence-electron chi connectivity index (χ2n) is 7.32. The molecule has 5 nitrogen and oxygen atoms in total. The van der Waals surface area contributed by atoms with Crippen LogP contribution in [-0.4, -0.2) is 40.8 Å². The zero-order chi connectivity index (χ0) is 18.1. The number of carboxylic acid groups (broad SMARTS) is 1. The van der Waals surface area contributed by atoms with E-state index in [-0.39, 0.29) is 0 Å². The Kier molecular flexibility index (Phi) is 5.14. The van der Waals surface area contributed by atoms with Crippen LogP contribution in [-0.2, 0) is 14.9 Å². The molecule has 1 aromatic carbocycles. The van der Waals surface area contributed by atoms with E-state index in [0.29, 0.717) is 31.0 Å². The number of aliphatic carboxylic acids is 1. The number of aryl methyl sites for hydroxylation is 1.